The van der Waals surface area contributed by atoms with Crippen LogP contribution in [0.4, 0.5) is 5.69 Å². The minimum atomic E-state index is -0.617. The maximum atomic E-state index is 6.11. The molecule has 2 heterocycles. The van der Waals surface area contributed by atoms with Gasteiger partial charge in [0.2, 0.25) is 9.04 Å². The minimum Gasteiger partial charge on any atom is -0.470 e. The molecule has 1 fully saturated rings. The van der Waals surface area contributed by atoms with Gasteiger partial charge in [0.05, 0.1) is 6.54 Å². The molecule has 139 valence electrons. The molecule has 1 radical (unpaired) electrons. The molecule has 0 aromatic carbocycles. The number of unbranched alkanes of at least 4 members (excludes halogenated alkanes) is 1. The van der Waals surface area contributed by atoms with Crippen LogP contribution in [0.15, 0.2) is 6.07 Å². The fraction of sp³-hybridized carbons (Fsp3) is 0.778. The third-order valence-electron chi connectivity index (χ3n) is 5.07. The van der Waals surface area contributed by atoms with Crippen LogP contribution < -0.4 is 9.64 Å². The van der Waals surface area contributed by atoms with E-state index < -0.39 is 9.04 Å². The highest BCUT2D eigenvalue weighted by Gasteiger charge is 2.34. The van der Waals surface area contributed by atoms with E-state index in [1.165, 1.54) is 12.8 Å². The van der Waals surface area contributed by atoms with Gasteiger partial charge in [-0.3, -0.25) is 0 Å². The predicted octanol–water partition coefficient (Wildman–Crippen LogP) is 4.47. The van der Waals surface area contributed by atoms with E-state index in [1.807, 2.05) is 6.07 Å². The number of aromatic nitrogens is 2. The molecule has 5 nitrogen and oxygen atoms in total. The smallest absolute Gasteiger partial charge is 0.257 e. The second kappa shape index (κ2) is 8.69. The van der Waals surface area contributed by atoms with Gasteiger partial charge in [-0.1, -0.05) is 24.9 Å². The first kappa shape index (κ1) is 18.9. The summed E-state index contributed by atoms with van der Waals surface area (Å²) in [5, 5.41) is 8.62. The van der Waals surface area contributed by atoms with Gasteiger partial charge in [0.1, 0.15) is 11.8 Å². The maximum absolute atomic E-state index is 6.11. The van der Waals surface area contributed by atoms with Gasteiger partial charge in [0.15, 0.2) is 5.15 Å². The molecule has 1 aliphatic heterocycles. The Kier molecular flexibility index (Phi) is 6.58. The summed E-state index contributed by atoms with van der Waals surface area (Å²) in [5.74, 6) is 0.641. The normalized spacial score (nSPS) is 26.4. The number of fused-ring (bicyclic) bond motifs is 1. The first-order valence-electron chi connectivity index (χ1n) is 9.50. The highest BCUT2D eigenvalue weighted by molar-refractivity contribution is 6.48. The number of nitrogens with zero attached hydrogens (tertiary/aromatic N) is 3. The van der Waals surface area contributed by atoms with Crippen molar-refractivity contribution in [1.29, 1.82) is 0 Å². The molecule has 0 bridgehead atoms. The second-order valence-electron chi connectivity index (χ2n) is 7.35. The van der Waals surface area contributed by atoms with Gasteiger partial charge in [0.25, 0.3) is 5.88 Å². The van der Waals surface area contributed by atoms with E-state index in [0.717, 1.165) is 44.3 Å². The Balaban J connectivity index is 1.72. The van der Waals surface area contributed by atoms with E-state index in [1.54, 1.807) is 0 Å². The molecular weight excluding hydrogens is 354 g/mol. The standard InChI is InChI=1S/C18H29ClN3O2Si/c1-4-5-6-15-12-22(16-11-17(19)20-21-18(16)23-15)13-7-9-14(10-8-13)24-25(2)3/h11,13-15H,4-10,12H2,1-3H3. The third kappa shape index (κ3) is 4.86. The molecule has 1 aliphatic carbocycles. The van der Waals surface area contributed by atoms with Crippen LogP contribution in [0.2, 0.25) is 18.2 Å². The molecular formula is C18H29ClN3O2Si. The summed E-state index contributed by atoms with van der Waals surface area (Å²) in [6.07, 6.45) is 8.63. The molecule has 7 heteroatoms. The maximum Gasteiger partial charge on any atom is 0.257 e. The van der Waals surface area contributed by atoms with E-state index >= 15 is 0 Å². The molecule has 3 rings (SSSR count). The van der Waals surface area contributed by atoms with Crippen LogP contribution in [-0.2, 0) is 4.43 Å². The number of anilines is 1. The van der Waals surface area contributed by atoms with Crippen molar-refractivity contribution < 1.29 is 9.16 Å². The number of hydrogen-bond donors (Lipinski definition) is 0. The van der Waals surface area contributed by atoms with Crippen molar-refractivity contribution in [3.8, 4) is 5.88 Å². The van der Waals surface area contributed by atoms with Crippen molar-refractivity contribution in [3.05, 3.63) is 11.2 Å². The first-order valence-corrected chi connectivity index (χ1v) is 12.3. The summed E-state index contributed by atoms with van der Waals surface area (Å²) in [5.41, 5.74) is 1.01. The Hall–Kier alpha value is -0.853. The number of ether oxygens (including phenoxy) is 1. The van der Waals surface area contributed by atoms with Gasteiger partial charge in [0, 0.05) is 18.2 Å². The van der Waals surface area contributed by atoms with Gasteiger partial charge in [-0.15, -0.1) is 10.2 Å². The molecule has 0 saturated heterocycles. The van der Waals surface area contributed by atoms with Gasteiger partial charge in [-0.2, -0.15) is 0 Å². The highest BCUT2D eigenvalue weighted by Crippen LogP contribution is 2.38. The second-order valence-corrected chi connectivity index (χ2v) is 9.79. The first-order chi connectivity index (χ1) is 12.1. The van der Waals surface area contributed by atoms with E-state index in [0.29, 0.717) is 23.2 Å². The topological polar surface area (TPSA) is 47.5 Å². The fourth-order valence-corrected chi connectivity index (χ4v) is 4.93. The number of rotatable bonds is 6. The lowest BCUT2D eigenvalue weighted by molar-refractivity contribution is 0.132. The fourth-order valence-electron chi connectivity index (χ4n) is 3.89. The summed E-state index contributed by atoms with van der Waals surface area (Å²) >= 11 is 6.11. The van der Waals surface area contributed by atoms with Crippen LogP contribution >= 0.6 is 11.6 Å². The Morgan fingerprint density at radius 2 is 2.04 bits per heavy atom. The van der Waals surface area contributed by atoms with Crippen LogP contribution in [-0.4, -0.2) is 44.0 Å². The SMILES string of the molecule is CCCCC1CN(C2CCC(O[Si](C)C)CC2)c2cc(Cl)nnc2O1. The van der Waals surface area contributed by atoms with Crippen LogP contribution in [0, 0.1) is 0 Å². The van der Waals surface area contributed by atoms with Crippen molar-refractivity contribution in [1.82, 2.24) is 10.2 Å². The third-order valence-corrected chi connectivity index (χ3v) is 6.06. The Labute approximate surface area is 157 Å². The van der Waals surface area contributed by atoms with Gasteiger partial charge < -0.3 is 14.1 Å². The monoisotopic (exact) mass is 382 g/mol. The zero-order chi connectivity index (χ0) is 17.8. The van der Waals surface area contributed by atoms with Crippen molar-refractivity contribution in [2.75, 3.05) is 11.4 Å². The summed E-state index contributed by atoms with van der Waals surface area (Å²) in [6, 6.07) is 2.41. The zero-order valence-electron chi connectivity index (χ0n) is 15.5. The Morgan fingerprint density at radius 1 is 1.28 bits per heavy atom. The summed E-state index contributed by atoms with van der Waals surface area (Å²) in [7, 11) is -0.617. The Morgan fingerprint density at radius 3 is 2.72 bits per heavy atom. The van der Waals surface area contributed by atoms with E-state index in [9.17, 15) is 0 Å². The van der Waals surface area contributed by atoms with Crippen molar-refractivity contribution in [3.63, 3.8) is 0 Å². The molecule has 1 aromatic rings. The minimum absolute atomic E-state index is 0.193. The van der Waals surface area contributed by atoms with Gasteiger partial charge in [-0.05, 0) is 51.6 Å². The lowest BCUT2D eigenvalue weighted by Crippen LogP contribution is -2.48. The highest BCUT2D eigenvalue weighted by atomic mass is 35.5. The molecule has 0 amide bonds. The van der Waals surface area contributed by atoms with Crippen LogP contribution in [0.25, 0.3) is 0 Å². The lowest BCUT2D eigenvalue weighted by atomic mass is 9.91. The molecule has 1 saturated carbocycles. The molecule has 2 aliphatic rings. The van der Waals surface area contributed by atoms with E-state index in [2.05, 4.69) is 35.1 Å². The van der Waals surface area contributed by atoms with Gasteiger partial charge in [-0.25, -0.2) is 0 Å². The quantitative estimate of drug-likeness (QED) is 0.679. The zero-order valence-corrected chi connectivity index (χ0v) is 17.3. The van der Waals surface area contributed by atoms with Crippen LogP contribution in [0.5, 0.6) is 5.88 Å². The number of hydrogen-bond acceptors (Lipinski definition) is 5. The largest absolute Gasteiger partial charge is 0.470 e. The van der Waals surface area contributed by atoms with Crippen molar-refractivity contribution in [2.45, 2.75) is 83.2 Å². The molecule has 0 spiro atoms. The lowest BCUT2D eigenvalue weighted by Gasteiger charge is -2.43. The molecule has 0 N–H and O–H groups in total. The van der Waals surface area contributed by atoms with Crippen LogP contribution in [0.1, 0.15) is 51.9 Å². The van der Waals surface area contributed by atoms with Gasteiger partial charge >= 0.3 is 0 Å². The molecule has 1 atom stereocenters. The van der Waals surface area contributed by atoms with Crippen molar-refractivity contribution in [2.24, 2.45) is 0 Å². The summed E-state index contributed by atoms with van der Waals surface area (Å²) < 4.78 is 12.2. The average molecular weight is 383 g/mol. The van der Waals surface area contributed by atoms with E-state index in [-0.39, 0.29) is 6.10 Å². The average Bonchev–Trinajstić information content (AvgIpc) is 2.59. The van der Waals surface area contributed by atoms with Crippen LogP contribution in [0.3, 0.4) is 0 Å². The summed E-state index contributed by atoms with van der Waals surface area (Å²) in [6.45, 7) is 7.57. The summed E-state index contributed by atoms with van der Waals surface area (Å²) in [4.78, 5) is 2.47. The van der Waals surface area contributed by atoms with Crippen molar-refractivity contribution >= 4 is 26.3 Å². The molecule has 1 unspecified atom stereocenters. The predicted molar refractivity (Wildman–Crippen MR) is 103 cm³/mol. The van der Waals surface area contributed by atoms with E-state index in [4.69, 9.17) is 20.8 Å². The number of halogens is 1. The molecule has 25 heavy (non-hydrogen) atoms. The molecule has 1 aromatic heterocycles. The Bertz CT molecular complexity index is 567.